The molecule has 2 aromatic carbocycles. The van der Waals surface area contributed by atoms with Crippen LogP contribution in [0.15, 0.2) is 48.5 Å². The van der Waals surface area contributed by atoms with Crippen LogP contribution < -0.4 is 10.6 Å². The molecule has 1 heterocycles. The molecule has 2 N–H and O–H groups in total. The predicted octanol–water partition coefficient (Wildman–Crippen LogP) is 4.02. The van der Waals surface area contributed by atoms with Crippen molar-refractivity contribution < 1.29 is 22.4 Å². The molecule has 0 aliphatic rings. The van der Waals surface area contributed by atoms with Crippen LogP contribution in [0.4, 0.5) is 28.0 Å². The average Bonchev–Trinajstić information content (AvgIpc) is 2.96. The van der Waals surface area contributed by atoms with Crippen LogP contribution in [0.2, 0.25) is 0 Å². The predicted molar refractivity (Wildman–Crippen MR) is 88.2 cm³/mol. The van der Waals surface area contributed by atoms with Gasteiger partial charge in [0.05, 0.1) is 11.0 Å². The van der Waals surface area contributed by atoms with Gasteiger partial charge in [0.2, 0.25) is 5.82 Å². The Morgan fingerprint density at radius 1 is 1.08 bits per heavy atom. The monoisotopic (exact) mass is 366 g/mol. The molecule has 0 bridgehead atoms. The minimum absolute atomic E-state index is 0.0452. The van der Waals surface area contributed by atoms with Crippen molar-refractivity contribution in [1.29, 1.82) is 0 Å². The van der Waals surface area contributed by atoms with E-state index in [1.54, 1.807) is 12.1 Å². The number of hydrogen-bond donors (Lipinski definition) is 2. The molecule has 2 amide bonds. The summed E-state index contributed by atoms with van der Waals surface area (Å²) in [4.78, 5) is 15.4. The molecule has 3 rings (SSSR count). The third kappa shape index (κ3) is 3.93. The molecular weight excluding hydrogens is 352 g/mol. The highest BCUT2D eigenvalue weighted by atomic mass is 19.4. The highest BCUT2D eigenvalue weighted by Crippen LogP contribution is 2.31. The third-order valence-electron chi connectivity index (χ3n) is 3.63. The molecule has 0 saturated carbocycles. The van der Waals surface area contributed by atoms with Crippen LogP contribution in [0, 0.1) is 5.82 Å². The number of carbonyl (C=O) groups excluding carboxylic acids is 1. The molecule has 3 aromatic rings. The van der Waals surface area contributed by atoms with Crippen LogP contribution in [-0.2, 0) is 12.7 Å². The molecule has 136 valence electrons. The van der Waals surface area contributed by atoms with Gasteiger partial charge in [-0.05, 0) is 36.4 Å². The maximum atomic E-state index is 13.2. The number of carbonyl (C=O) groups is 1. The van der Waals surface area contributed by atoms with Crippen molar-refractivity contribution in [2.24, 2.45) is 0 Å². The van der Waals surface area contributed by atoms with Gasteiger partial charge in [-0.3, -0.25) is 0 Å². The van der Waals surface area contributed by atoms with Gasteiger partial charge in [0.15, 0.2) is 0 Å². The van der Waals surface area contributed by atoms with Gasteiger partial charge in [-0.2, -0.15) is 13.2 Å². The summed E-state index contributed by atoms with van der Waals surface area (Å²) in [5.74, 6) is -1.46. The molecule has 26 heavy (non-hydrogen) atoms. The van der Waals surface area contributed by atoms with E-state index in [0.29, 0.717) is 11.2 Å². The first kappa shape index (κ1) is 17.7. The zero-order chi connectivity index (χ0) is 18.7. The normalized spacial score (nSPS) is 11.5. The van der Waals surface area contributed by atoms with Gasteiger partial charge >= 0.3 is 12.2 Å². The lowest BCUT2D eigenvalue weighted by molar-refractivity contribution is -0.146. The minimum Gasteiger partial charge on any atom is -0.336 e. The van der Waals surface area contributed by atoms with Crippen LogP contribution in [0.25, 0.3) is 11.0 Å². The molecule has 0 fully saturated rings. The number of halogens is 4. The lowest BCUT2D eigenvalue weighted by Gasteiger charge is -2.12. The summed E-state index contributed by atoms with van der Waals surface area (Å²) in [6.07, 6.45) is -4.60. The maximum Gasteiger partial charge on any atom is 0.449 e. The smallest absolute Gasteiger partial charge is 0.336 e. The Labute approximate surface area is 145 Å². The van der Waals surface area contributed by atoms with Crippen LogP contribution in [-0.4, -0.2) is 22.1 Å². The van der Waals surface area contributed by atoms with Gasteiger partial charge < -0.3 is 15.2 Å². The third-order valence-corrected chi connectivity index (χ3v) is 3.63. The van der Waals surface area contributed by atoms with Gasteiger partial charge in [-0.1, -0.05) is 12.1 Å². The standard InChI is InChI=1S/C17H14F4N4O/c18-11-5-7-12(8-6-11)23-16(26)22-9-10-25-14-4-2-1-3-13(14)24-15(25)17(19,20)21/h1-8H,9-10H2,(H2,22,23,26). The summed E-state index contributed by atoms with van der Waals surface area (Å²) in [6, 6.07) is 10.8. The average molecular weight is 366 g/mol. The summed E-state index contributed by atoms with van der Waals surface area (Å²) >= 11 is 0. The summed E-state index contributed by atoms with van der Waals surface area (Å²) in [6.45, 7) is -0.150. The fourth-order valence-electron chi connectivity index (χ4n) is 2.51. The molecule has 9 heteroatoms. The van der Waals surface area contributed by atoms with Crippen molar-refractivity contribution in [2.45, 2.75) is 12.7 Å². The summed E-state index contributed by atoms with van der Waals surface area (Å²) in [5, 5.41) is 4.94. The molecule has 1 aromatic heterocycles. The quantitative estimate of drug-likeness (QED) is 0.686. The van der Waals surface area contributed by atoms with Crippen LogP contribution in [0.1, 0.15) is 5.82 Å². The second-order valence-corrected chi connectivity index (χ2v) is 5.46. The number of nitrogens with one attached hydrogen (secondary N) is 2. The first-order chi connectivity index (χ1) is 12.3. The number of amides is 2. The SMILES string of the molecule is O=C(NCCn1c(C(F)(F)F)nc2ccccc21)Nc1ccc(F)cc1. The Morgan fingerprint density at radius 2 is 1.77 bits per heavy atom. The fraction of sp³-hybridized carbons (Fsp3) is 0.176. The number of para-hydroxylation sites is 2. The number of hydrogen-bond acceptors (Lipinski definition) is 2. The first-order valence-corrected chi connectivity index (χ1v) is 7.67. The van der Waals surface area contributed by atoms with E-state index in [9.17, 15) is 22.4 Å². The number of rotatable bonds is 4. The second kappa shape index (κ2) is 7.03. The van der Waals surface area contributed by atoms with E-state index in [1.807, 2.05) is 0 Å². The van der Waals surface area contributed by atoms with Gasteiger partial charge in [0, 0.05) is 18.8 Å². The topological polar surface area (TPSA) is 59.0 Å². The van der Waals surface area contributed by atoms with Gasteiger partial charge in [-0.25, -0.2) is 14.2 Å². The minimum atomic E-state index is -4.60. The van der Waals surface area contributed by atoms with Crippen molar-refractivity contribution in [3.05, 3.63) is 60.2 Å². The first-order valence-electron chi connectivity index (χ1n) is 7.67. The lowest BCUT2D eigenvalue weighted by Crippen LogP contribution is -2.32. The van der Waals surface area contributed by atoms with Crippen molar-refractivity contribution in [3.63, 3.8) is 0 Å². The number of anilines is 1. The maximum absolute atomic E-state index is 13.2. The molecule has 0 unspecified atom stereocenters. The van der Waals surface area contributed by atoms with E-state index in [2.05, 4.69) is 15.6 Å². The highest BCUT2D eigenvalue weighted by molar-refractivity contribution is 5.89. The molecule has 5 nitrogen and oxygen atoms in total. The van der Waals surface area contributed by atoms with Gasteiger partial charge in [0.1, 0.15) is 5.82 Å². The van der Waals surface area contributed by atoms with Crippen molar-refractivity contribution in [3.8, 4) is 0 Å². The zero-order valence-corrected chi connectivity index (χ0v) is 13.3. The number of urea groups is 1. The van der Waals surface area contributed by atoms with Gasteiger partial charge in [-0.15, -0.1) is 0 Å². The lowest BCUT2D eigenvalue weighted by atomic mass is 10.3. The van der Waals surface area contributed by atoms with E-state index < -0.39 is 23.8 Å². The Bertz CT molecular complexity index is 919. The van der Waals surface area contributed by atoms with E-state index in [4.69, 9.17) is 0 Å². The number of benzene rings is 2. The molecule has 0 atom stereocenters. The Balaban J connectivity index is 1.67. The Kier molecular flexibility index (Phi) is 4.79. The zero-order valence-electron chi connectivity index (χ0n) is 13.3. The molecule has 0 aliphatic heterocycles. The van der Waals surface area contributed by atoms with E-state index >= 15 is 0 Å². The Hall–Kier alpha value is -3.10. The Morgan fingerprint density at radius 3 is 2.46 bits per heavy atom. The number of imidazole rings is 1. The number of aromatic nitrogens is 2. The molecule has 0 spiro atoms. The number of nitrogens with zero attached hydrogens (tertiary/aromatic N) is 2. The van der Waals surface area contributed by atoms with Crippen molar-refractivity contribution >= 4 is 22.8 Å². The largest absolute Gasteiger partial charge is 0.449 e. The van der Waals surface area contributed by atoms with Crippen molar-refractivity contribution in [2.75, 3.05) is 11.9 Å². The fourth-order valence-corrected chi connectivity index (χ4v) is 2.51. The molecular formula is C17H14F4N4O. The van der Waals surface area contributed by atoms with Crippen LogP contribution >= 0.6 is 0 Å². The van der Waals surface area contributed by atoms with Gasteiger partial charge in [0.25, 0.3) is 0 Å². The van der Waals surface area contributed by atoms with Crippen LogP contribution in [0.5, 0.6) is 0 Å². The van der Waals surface area contributed by atoms with E-state index in [1.165, 1.54) is 36.4 Å². The van der Waals surface area contributed by atoms with Crippen molar-refractivity contribution in [1.82, 2.24) is 14.9 Å². The number of fused-ring (bicyclic) bond motifs is 1. The molecule has 0 saturated heterocycles. The second-order valence-electron chi connectivity index (χ2n) is 5.46. The summed E-state index contributed by atoms with van der Waals surface area (Å²) in [7, 11) is 0. The molecule has 0 radical (unpaired) electrons. The summed E-state index contributed by atoms with van der Waals surface area (Å²) < 4.78 is 53.4. The summed E-state index contributed by atoms with van der Waals surface area (Å²) in [5.41, 5.74) is 0.934. The highest BCUT2D eigenvalue weighted by Gasteiger charge is 2.37. The number of alkyl halides is 3. The van der Waals surface area contributed by atoms with E-state index in [-0.39, 0.29) is 18.6 Å². The molecule has 0 aliphatic carbocycles. The van der Waals surface area contributed by atoms with Crippen LogP contribution in [0.3, 0.4) is 0 Å². The van der Waals surface area contributed by atoms with E-state index in [0.717, 1.165) is 4.57 Å².